The molecule has 0 fully saturated rings. The molecule has 0 saturated heterocycles. The number of benzene rings is 1. The zero-order valence-electron chi connectivity index (χ0n) is 11.5. The Kier molecular flexibility index (Phi) is 5.44. The third-order valence-electron chi connectivity index (χ3n) is 3.04. The minimum absolute atomic E-state index is 0.279. The highest BCUT2D eigenvalue weighted by Gasteiger charge is 2.22. The van der Waals surface area contributed by atoms with Gasteiger partial charge in [-0.25, -0.2) is 0 Å². The van der Waals surface area contributed by atoms with Crippen LogP contribution in [0.15, 0.2) is 18.2 Å². The first kappa shape index (κ1) is 14.1. The Balaban J connectivity index is 1.76. The maximum absolute atomic E-state index is 5.61. The molecule has 1 unspecified atom stereocenters. The van der Waals surface area contributed by atoms with Gasteiger partial charge in [0.25, 0.3) is 0 Å². The number of methoxy groups -OCH3 is 1. The minimum Gasteiger partial charge on any atom is -0.491 e. The van der Waals surface area contributed by atoms with Crippen LogP contribution in [0.25, 0.3) is 0 Å². The topological polar surface area (TPSA) is 49.0 Å². The normalized spacial score (nSPS) is 17.1. The lowest BCUT2D eigenvalue weighted by Crippen LogP contribution is -2.17. The van der Waals surface area contributed by atoms with Gasteiger partial charge in [-0.2, -0.15) is 0 Å². The third-order valence-corrected chi connectivity index (χ3v) is 3.04. The summed E-state index contributed by atoms with van der Waals surface area (Å²) in [6.45, 7) is 2.96. The molecule has 0 amide bonds. The van der Waals surface area contributed by atoms with Gasteiger partial charge in [-0.1, -0.05) is 0 Å². The van der Waals surface area contributed by atoms with Crippen LogP contribution in [0.5, 0.6) is 11.5 Å². The second-order valence-electron chi connectivity index (χ2n) is 4.31. The zero-order chi connectivity index (χ0) is 13.5. The van der Waals surface area contributed by atoms with Gasteiger partial charge in [-0.3, -0.25) is 0 Å². The predicted octanol–water partition coefficient (Wildman–Crippen LogP) is 1.38. The summed E-state index contributed by atoms with van der Waals surface area (Å²) in [4.78, 5) is 0. The number of fused-ring (bicyclic) bond motifs is 1. The van der Waals surface area contributed by atoms with Crippen molar-refractivity contribution in [2.45, 2.75) is 6.04 Å². The number of ether oxygens (including phenoxy) is 4. The molecule has 106 valence electrons. The van der Waals surface area contributed by atoms with Crippen molar-refractivity contribution in [3.63, 3.8) is 0 Å². The first-order valence-electron chi connectivity index (χ1n) is 6.48. The van der Waals surface area contributed by atoms with E-state index in [1.54, 1.807) is 7.11 Å². The SMILES string of the molecule is CNC1COc2cc(OCCOCCOC)ccc21. The summed E-state index contributed by atoms with van der Waals surface area (Å²) in [5.41, 5.74) is 1.19. The second kappa shape index (κ2) is 7.33. The zero-order valence-corrected chi connectivity index (χ0v) is 11.5. The Morgan fingerprint density at radius 1 is 1.26 bits per heavy atom. The summed E-state index contributed by atoms with van der Waals surface area (Å²) >= 11 is 0. The molecule has 1 aromatic carbocycles. The van der Waals surface area contributed by atoms with Crippen molar-refractivity contribution in [1.82, 2.24) is 5.32 Å². The highest BCUT2D eigenvalue weighted by atomic mass is 16.5. The summed E-state index contributed by atoms with van der Waals surface area (Å²) in [5, 5.41) is 3.21. The maximum atomic E-state index is 5.61. The van der Waals surface area contributed by atoms with Gasteiger partial charge in [0, 0.05) is 18.7 Å². The lowest BCUT2D eigenvalue weighted by molar-refractivity contribution is 0.0544. The van der Waals surface area contributed by atoms with E-state index in [0.29, 0.717) is 33.0 Å². The van der Waals surface area contributed by atoms with Crippen molar-refractivity contribution >= 4 is 0 Å². The van der Waals surface area contributed by atoms with E-state index in [1.807, 2.05) is 25.2 Å². The van der Waals surface area contributed by atoms with E-state index < -0.39 is 0 Å². The van der Waals surface area contributed by atoms with E-state index in [9.17, 15) is 0 Å². The van der Waals surface area contributed by atoms with Crippen LogP contribution in [0.3, 0.4) is 0 Å². The number of rotatable bonds is 8. The molecule has 19 heavy (non-hydrogen) atoms. The molecule has 1 heterocycles. The summed E-state index contributed by atoms with van der Waals surface area (Å²) in [7, 11) is 3.59. The van der Waals surface area contributed by atoms with Gasteiger partial charge < -0.3 is 24.3 Å². The molecule has 1 N–H and O–H groups in total. The largest absolute Gasteiger partial charge is 0.491 e. The van der Waals surface area contributed by atoms with Crippen molar-refractivity contribution in [3.05, 3.63) is 23.8 Å². The average Bonchev–Trinajstić information content (AvgIpc) is 2.85. The van der Waals surface area contributed by atoms with Crippen LogP contribution in [0.1, 0.15) is 11.6 Å². The van der Waals surface area contributed by atoms with Gasteiger partial charge in [-0.15, -0.1) is 0 Å². The second-order valence-corrected chi connectivity index (χ2v) is 4.31. The molecule has 5 heteroatoms. The van der Waals surface area contributed by atoms with E-state index in [2.05, 4.69) is 5.32 Å². The molecule has 0 saturated carbocycles. The molecule has 1 atom stereocenters. The van der Waals surface area contributed by atoms with Crippen LogP contribution >= 0.6 is 0 Å². The fourth-order valence-corrected chi connectivity index (χ4v) is 1.98. The predicted molar refractivity (Wildman–Crippen MR) is 71.9 cm³/mol. The molecular formula is C14H21NO4. The Morgan fingerprint density at radius 2 is 2.11 bits per heavy atom. The Labute approximate surface area is 113 Å². The molecule has 2 rings (SSSR count). The molecule has 1 aliphatic rings. The van der Waals surface area contributed by atoms with Crippen molar-refractivity contribution in [2.24, 2.45) is 0 Å². The van der Waals surface area contributed by atoms with Crippen LogP contribution in [0, 0.1) is 0 Å². The maximum Gasteiger partial charge on any atom is 0.127 e. The summed E-state index contributed by atoms with van der Waals surface area (Å²) in [6, 6.07) is 6.22. The Hall–Kier alpha value is -1.30. The molecule has 0 aromatic heterocycles. The van der Waals surface area contributed by atoms with Gasteiger partial charge in [0.1, 0.15) is 24.7 Å². The Bertz CT molecular complexity index is 397. The molecule has 0 radical (unpaired) electrons. The minimum atomic E-state index is 0.279. The number of hydrogen-bond donors (Lipinski definition) is 1. The van der Waals surface area contributed by atoms with Crippen LogP contribution in [-0.2, 0) is 9.47 Å². The smallest absolute Gasteiger partial charge is 0.127 e. The number of hydrogen-bond acceptors (Lipinski definition) is 5. The van der Waals surface area contributed by atoms with Crippen molar-refractivity contribution in [3.8, 4) is 11.5 Å². The number of likely N-dealkylation sites (N-methyl/N-ethyl adjacent to an activating group) is 1. The Morgan fingerprint density at radius 3 is 2.89 bits per heavy atom. The van der Waals surface area contributed by atoms with E-state index in [-0.39, 0.29) is 6.04 Å². The average molecular weight is 267 g/mol. The van der Waals surface area contributed by atoms with Crippen molar-refractivity contribution in [1.29, 1.82) is 0 Å². The van der Waals surface area contributed by atoms with E-state index in [1.165, 1.54) is 5.56 Å². The van der Waals surface area contributed by atoms with Crippen LogP contribution < -0.4 is 14.8 Å². The van der Waals surface area contributed by atoms with Gasteiger partial charge in [-0.05, 0) is 19.2 Å². The lowest BCUT2D eigenvalue weighted by Gasteiger charge is -2.09. The van der Waals surface area contributed by atoms with Crippen LogP contribution in [-0.4, -0.2) is 47.2 Å². The van der Waals surface area contributed by atoms with Crippen LogP contribution in [0.2, 0.25) is 0 Å². The van der Waals surface area contributed by atoms with Gasteiger partial charge in [0.05, 0.1) is 25.9 Å². The first-order valence-corrected chi connectivity index (χ1v) is 6.48. The first-order chi connectivity index (χ1) is 9.35. The fourth-order valence-electron chi connectivity index (χ4n) is 1.98. The third kappa shape index (κ3) is 3.83. The van der Waals surface area contributed by atoms with Gasteiger partial charge in [0.15, 0.2) is 0 Å². The van der Waals surface area contributed by atoms with E-state index in [0.717, 1.165) is 11.5 Å². The summed E-state index contributed by atoms with van der Waals surface area (Å²) in [5.74, 6) is 1.71. The van der Waals surface area contributed by atoms with Crippen LogP contribution in [0.4, 0.5) is 0 Å². The quantitative estimate of drug-likeness (QED) is 0.721. The van der Waals surface area contributed by atoms with Gasteiger partial charge in [0.2, 0.25) is 0 Å². The fraction of sp³-hybridized carbons (Fsp3) is 0.571. The molecule has 0 bridgehead atoms. The summed E-state index contributed by atoms with van der Waals surface area (Å²) in [6.07, 6.45) is 0. The standard InChI is InChI=1S/C14H21NO4/c1-15-13-10-19-14-9-11(3-4-12(13)14)18-8-7-17-6-5-16-2/h3-4,9,13,15H,5-8,10H2,1-2H3. The highest BCUT2D eigenvalue weighted by Crippen LogP contribution is 2.34. The summed E-state index contributed by atoms with van der Waals surface area (Å²) < 4.78 is 21.4. The van der Waals surface area contributed by atoms with E-state index >= 15 is 0 Å². The molecule has 5 nitrogen and oxygen atoms in total. The molecule has 0 spiro atoms. The van der Waals surface area contributed by atoms with Crippen molar-refractivity contribution < 1.29 is 18.9 Å². The molecular weight excluding hydrogens is 246 g/mol. The van der Waals surface area contributed by atoms with E-state index in [4.69, 9.17) is 18.9 Å². The molecule has 1 aliphatic heterocycles. The van der Waals surface area contributed by atoms with Gasteiger partial charge >= 0.3 is 0 Å². The molecule has 0 aliphatic carbocycles. The van der Waals surface area contributed by atoms with Crippen molar-refractivity contribution in [2.75, 3.05) is 47.2 Å². The lowest BCUT2D eigenvalue weighted by atomic mass is 10.1. The highest BCUT2D eigenvalue weighted by molar-refractivity contribution is 5.44. The monoisotopic (exact) mass is 267 g/mol. The number of nitrogens with one attached hydrogen (secondary N) is 1. The molecule has 1 aromatic rings.